The molecule has 0 unspecified atom stereocenters. The molecule has 0 saturated carbocycles. The lowest BCUT2D eigenvalue weighted by Crippen LogP contribution is -1.82. The lowest BCUT2D eigenvalue weighted by Gasteiger charge is -1.78. The largest absolute Gasteiger partial charge is 0.373 e. The molecule has 1 saturated heterocycles. The molecule has 0 aliphatic carbocycles. The molecule has 1 heterocycles. The van der Waals surface area contributed by atoms with Gasteiger partial charge in [-0.05, 0) is 6.42 Å². The van der Waals surface area contributed by atoms with Gasteiger partial charge in [0, 0.05) is 5.88 Å². The monoisotopic (exact) mass is 106 g/mol. The van der Waals surface area contributed by atoms with Crippen LogP contribution >= 0.6 is 11.6 Å². The Kier molecular flexibility index (Phi) is 1.33. The molecule has 0 aromatic heterocycles. The molecular formula is C4H7ClO. The van der Waals surface area contributed by atoms with Crippen LogP contribution in [0.25, 0.3) is 0 Å². The van der Waals surface area contributed by atoms with E-state index in [4.69, 9.17) is 16.3 Å². The average Bonchev–Trinajstić information content (AvgIpc) is 2.21. The Labute approximate surface area is 42.2 Å². The van der Waals surface area contributed by atoms with Gasteiger partial charge in [0.05, 0.1) is 12.7 Å². The van der Waals surface area contributed by atoms with E-state index in [1.54, 1.807) is 0 Å². The van der Waals surface area contributed by atoms with E-state index in [9.17, 15) is 0 Å². The first-order chi connectivity index (χ1) is 2.93. The first kappa shape index (κ1) is 4.41. The zero-order valence-corrected chi connectivity index (χ0v) is 4.24. The van der Waals surface area contributed by atoms with Crippen molar-refractivity contribution in [2.75, 3.05) is 12.5 Å². The maximum absolute atomic E-state index is 5.36. The third-order valence-corrected chi connectivity index (χ3v) is 1.05. The molecular weight excluding hydrogens is 99.5 g/mol. The van der Waals surface area contributed by atoms with E-state index >= 15 is 0 Å². The third kappa shape index (κ3) is 1.15. The molecule has 1 aliphatic rings. The summed E-state index contributed by atoms with van der Waals surface area (Å²) in [6.45, 7) is 0.937. The lowest BCUT2D eigenvalue weighted by atomic mass is 10.4. The van der Waals surface area contributed by atoms with Gasteiger partial charge >= 0.3 is 0 Å². The molecule has 1 aliphatic heterocycles. The second-order valence-corrected chi connectivity index (χ2v) is 1.81. The summed E-state index contributed by atoms with van der Waals surface area (Å²) in [6.07, 6.45) is 1.55. The highest BCUT2D eigenvalue weighted by Gasteiger charge is 2.20. The van der Waals surface area contributed by atoms with Crippen molar-refractivity contribution in [3.63, 3.8) is 0 Å². The van der Waals surface area contributed by atoms with Crippen molar-refractivity contribution in [2.45, 2.75) is 12.5 Å². The van der Waals surface area contributed by atoms with Crippen molar-refractivity contribution in [3.8, 4) is 0 Å². The second kappa shape index (κ2) is 1.80. The fraction of sp³-hybridized carbons (Fsp3) is 1.00. The van der Waals surface area contributed by atoms with Crippen molar-refractivity contribution in [3.05, 3.63) is 0 Å². The molecule has 1 rings (SSSR count). The van der Waals surface area contributed by atoms with Crippen molar-refractivity contribution < 1.29 is 4.74 Å². The molecule has 6 heavy (non-hydrogen) atoms. The van der Waals surface area contributed by atoms with Crippen LogP contribution in [0.1, 0.15) is 6.42 Å². The van der Waals surface area contributed by atoms with Crippen LogP contribution in [0.4, 0.5) is 0 Å². The molecule has 1 atom stereocenters. The summed E-state index contributed by atoms with van der Waals surface area (Å²) in [5, 5.41) is 0. The predicted molar refractivity (Wildman–Crippen MR) is 25.1 cm³/mol. The van der Waals surface area contributed by atoms with Crippen LogP contribution in [0.15, 0.2) is 0 Å². The molecule has 0 bridgehead atoms. The second-order valence-electron chi connectivity index (χ2n) is 1.43. The van der Waals surface area contributed by atoms with E-state index in [1.807, 2.05) is 0 Å². The van der Waals surface area contributed by atoms with Gasteiger partial charge in [-0.3, -0.25) is 0 Å². The van der Waals surface area contributed by atoms with E-state index in [1.165, 1.54) is 0 Å². The molecule has 0 amide bonds. The van der Waals surface area contributed by atoms with Gasteiger partial charge in [0.25, 0.3) is 0 Å². The van der Waals surface area contributed by atoms with Crippen LogP contribution in [0.5, 0.6) is 0 Å². The number of rotatable bonds is 2. The Morgan fingerprint density at radius 1 is 1.83 bits per heavy atom. The maximum atomic E-state index is 5.36. The van der Waals surface area contributed by atoms with Gasteiger partial charge in [0.2, 0.25) is 0 Å². The molecule has 0 radical (unpaired) electrons. The standard InChI is InChI=1S/C4H7ClO/c5-2-1-4-3-6-4/h4H,1-3H2/t4-/m0/s1. The van der Waals surface area contributed by atoms with Crippen LogP contribution in [0.3, 0.4) is 0 Å². The van der Waals surface area contributed by atoms with E-state index in [2.05, 4.69) is 0 Å². The smallest absolute Gasteiger partial charge is 0.0821 e. The molecule has 0 spiro atoms. The summed E-state index contributed by atoms with van der Waals surface area (Å²) in [6, 6.07) is 0. The molecule has 0 aromatic carbocycles. The molecule has 0 N–H and O–H groups in total. The van der Waals surface area contributed by atoms with E-state index in [-0.39, 0.29) is 0 Å². The summed E-state index contributed by atoms with van der Waals surface area (Å²) in [5.41, 5.74) is 0. The summed E-state index contributed by atoms with van der Waals surface area (Å²) >= 11 is 5.36. The van der Waals surface area contributed by atoms with Gasteiger partial charge in [-0.2, -0.15) is 0 Å². The van der Waals surface area contributed by atoms with Crippen LogP contribution in [0.2, 0.25) is 0 Å². The van der Waals surface area contributed by atoms with Gasteiger partial charge < -0.3 is 4.74 Å². The van der Waals surface area contributed by atoms with E-state index in [0.29, 0.717) is 6.10 Å². The topological polar surface area (TPSA) is 12.5 Å². The molecule has 1 fully saturated rings. The van der Waals surface area contributed by atoms with Crippen molar-refractivity contribution in [2.24, 2.45) is 0 Å². The van der Waals surface area contributed by atoms with Gasteiger partial charge in [0.1, 0.15) is 0 Å². The van der Waals surface area contributed by atoms with Gasteiger partial charge in [-0.25, -0.2) is 0 Å². The highest BCUT2D eigenvalue weighted by molar-refractivity contribution is 6.17. The number of hydrogen-bond acceptors (Lipinski definition) is 1. The number of halogens is 1. The molecule has 2 heteroatoms. The first-order valence-electron chi connectivity index (χ1n) is 2.11. The Bertz CT molecular complexity index is 42.8. The zero-order chi connectivity index (χ0) is 4.41. The van der Waals surface area contributed by atoms with Gasteiger partial charge in [-0.1, -0.05) is 0 Å². The predicted octanol–water partition coefficient (Wildman–Crippen LogP) is 1.01. The van der Waals surface area contributed by atoms with Crippen LogP contribution < -0.4 is 0 Å². The first-order valence-corrected chi connectivity index (χ1v) is 2.64. The SMILES string of the molecule is ClCC[C@H]1CO1. The van der Waals surface area contributed by atoms with Crippen LogP contribution in [-0.2, 0) is 4.74 Å². The minimum Gasteiger partial charge on any atom is -0.373 e. The quantitative estimate of drug-likeness (QED) is 0.378. The van der Waals surface area contributed by atoms with Gasteiger partial charge in [-0.15, -0.1) is 11.6 Å². The fourth-order valence-corrected chi connectivity index (χ4v) is 0.600. The molecule has 1 nitrogen and oxygen atoms in total. The number of epoxide rings is 1. The maximum Gasteiger partial charge on any atom is 0.0821 e. The van der Waals surface area contributed by atoms with Crippen LogP contribution in [-0.4, -0.2) is 18.6 Å². The minimum absolute atomic E-state index is 0.516. The van der Waals surface area contributed by atoms with Gasteiger partial charge in [0.15, 0.2) is 0 Å². The summed E-state index contributed by atoms with van der Waals surface area (Å²) in [7, 11) is 0. The zero-order valence-electron chi connectivity index (χ0n) is 3.48. The normalized spacial score (nSPS) is 30.5. The van der Waals surface area contributed by atoms with E-state index < -0.39 is 0 Å². The Morgan fingerprint density at radius 3 is 2.67 bits per heavy atom. The van der Waals surface area contributed by atoms with Crippen LogP contribution in [0, 0.1) is 0 Å². The highest BCUT2D eigenvalue weighted by Crippen LogP contribution is 2.12. The number of alkyl halides is 1. The lowest BCUT2D eigenvalue weighted by molar-refractivity contribution is 0.404. The Morgan fingerprint density at radius 2 is 2.50 bits per heavy atom. The van der Waals surface area contributed by atoms with Crippen molar-refractivity contribution in [1.82, 2.24) is 0 Å². The molecule has 36 valence electrons. The number of ether oxygens (including phenoxy) is 1. The Hall–Kier alpha value is 0.250. The number of hydrogen-bond donors (Lipinski definition) is 0. The van der Waals surface area contributed by atoms with Crippen molar-refractivity contribution >= 4 is 11.6 Å². The summed E-state index contributed by atoms with van der Waals surface area (Å²) in [5.74, 6) is 0.741. The minimum atomic E-state index is 0.516. The van der Waals surface area contributed by atoms with Crippen molar-refractivity contribution in [1.29, 1.82) is 0 Å². The fourth-order valence-electron chi connectivity index (χ4n) is 0.356. The summed E-state index contributed by atoms with van der Waals surface area (Å²) < 4.78 is 4.86. The third-order valence-electron chi connectivity index (χ3n) is 0.833. The average molecular weight is 107 g/mol. The molecule has 0 aromatic rings. The van der Waals surface area contributed by atoms with E-state index in [0.717, 1.165) is 18.9 Å². The summed E-state index contributed by atoms with van der Waals surface area (Å²) in [4.78, 5) is 0. The highest BCUT2D eigenvalue weighted by atomic mass is 35.5. The Balaban J connectivity index is 1.88.